The van der Waals surface area contributed by atoms with Gasteiger partial charge in [0, 0.05) is 13.1 Å². The van der Waals surface area contributed by atoms with Crippen LogP contribution in [0.25, 0.3) is 0 Å². The lowest BCUT2D eigenvalue weighted by Gasteiger charge is -2.12. The van der Waals surface area contributed by atoms with Gasteiger partial charge in [0.2, 0.25) is 0 Å². The van der Waals surface area contributed by atoms with E-state index in [0.29, 0.717) is 30.4 Å². The fraction of sp³-hybridized carbons (Fsp3) is 0.500. The van der Waals surface area contributed by atoms with Crippen molar-refractivity contribution in [1.82, 2.24) is 9.78 Å². The zero-order valence-corrected chi connectivity index (χ0v) is 10.6. The van der Waals surface area contributed by atoms with Crippen molar-refractivity contribution >= 4 is 5.82 Å². The smallest absolute Gasteiger partial charge is 0.145 e. The molecule has 18 heavy (non-hydrogen) atoms. The number of nitrogens with two attached hydrogens (primary N) is 1. The van der Waals surface area contributed by atoms with Gasteiger partial charge >= 0.3 is 0 Å². The third-order valence-electron chi connectivity index (χ3n) is 3.91. The standard InChI is InChI=1S/C14H19N3O/c1-17-12(8-14(15)16-17)9-18-13-6-10-4-2-3-5-11(10)7-13/h2-5,8,10-11,13H,6-7,9H2,1H3,(H2,15,16)/t10-,11+,13?. The summed E-state index contributed by atoms with van der Waals surface area (Å²) in [5.41, 5.74) is 6.69. The molecule has 4 nitrogen and oxygen atoms in total. The molecule has 1 unspecified atom stereocenters. The van der Waals surface area contributed by atoms with Crippen molar-refractivity contribution in [3.63, 3.8) is 0 Å². The maximum Gasteiger partial charge on any atom is 0.145 e. The molecule has 1 heterocycles. The number of nitrogens with zero attached hydrogens (tertiary/aromatic N) is 2. The molecule has 0 aromatic carbocycles. The van der Waals surface area contributed by atoms with E-state index in [4.69, 9.17) is 10.5 Å². The summed E-state index contributed by atoms with van der Waals surface area (Å²) >= 11 is 0. The van der Waals surface area contributed by atoms with Crippen LogP contribution in [0, 0.1) is 11.8 Å². The normalized spacial score (nSPS) is 29.7. The molecule has 3 atom stereocenters. The lowest BCUT2D eigenvalue weighted by molar-refractivity contribution is 0.0394. The van der Waals surface area contributed by atoms with E-state index in [1.807, 2.05) is 13.1 Å². The predicted octanol–water partition coefficient (Wildman–Crippen LogP) is 2.04. The van der Waals surface area contributed by atoms with Crippen molar-refractivity contribution in [2.24, 2.45) is 18.9 Å². The first-order chi connectivity index (χ1) is 8.72. The number of nitrogen functional groups attached to an aromatic ring is 1. The number of allylic oxidation sites excluding steroid dienone is 4. The molecule has 1 saturated carbocycles. The van der Waals surface area contributed by atoms with E-state index in [1.54, 1.807) is 4.68 Å². The van der Waals surface area contributed by atoms with Crippen molar-refractivity contribution < 1.29 is 4.74 Å². The predicted molar refractivity (Wildman–Crippen MR) is 70.7 cm³/mol. The van der Waals surface area contributed by atoms with Crippen LogP contribution in [0.5, 0.6) is 0 Å². The summed E-state index contributed by atoms with van der Waals surface area (Å²) < 4.78 is 7.78. The molecule has 0 radical (unpaired) electrons. The molecule has 2 aliphatic rings. The Morgan fingerprint density at radius 3 is 2.56 bits per heavy atom. The van der Waals surface area contributed by atoms with Gasteiger partial charge in [-0.15, -0.1) is 0 Å². The Labute approximate surface area is 107 Å². The molecule has 2 aliphatic carbocycles. The highest BCUT2D eigenvalue weighted by atomic mass is 16.5. The quantitative estimate of drug-likeness (QED) is 0.886. The van der Waals surface area contributed by atoms with Crippen LogP contribution in [0.4, 0.5) is 5.82 Å². The van der Waals surface area contributed by atoms with Gasteiger partial charge in [0.25, 0.3) is 0 Å². The lowest BCUT2D eigenvalue weighted by Crippen LogP contribution is -2.10. The highest BCUT2D eigenvalue weighted by Crippen LogP contribution is 2.37. The van der Waals surface area contributed by atoms with Crippen LogP contribution in [0.15, 0.2) is 30.4 Å². The minimum atomic E-state index is 0.350. The Bertz CT molecular complexity index is 469. The van der Waals surface area contributed by atoms with E-state index in [2.05, 4.69) is 29.4 Å². The molecule has 1 aromatic rings. The first kappa shape index (κ1) is 11.5. The number of hydrogen-bond acceptors (Lipinski definition) is 3. The van der Waals surface area contributed by atoms with E-state index >= 15 is 0 Å². The number of aryl methyl sites for hydroxylation is 1. The molecule has 0 bridgehead atoms. The van der Waals surface area contributed by atoms with Gasteiger partial charge in [-0.25, -0.2) is 0 Å². The zero-order chi connectivity index (χ0) is 12.5. The molecule has 3 rings (SSSR count). The van der Waals surface area contributed by atoms with Gasteiger partial charge in [-0.2, -0.15) is 5.10 Å². The van der Waals surface area contributed by atoms with Crippen LogP contribution in [-0.2, 0) is 18.4 Å². The molecule has 0 aliphatic heterocycles. The minimum Gasteiger partial charge on any atom is -0.382 e. The van der Waals surface area contributed by atoms with E-state index in [1.165, 1.54) is 0 Å². The van der Waals surface area contributed by atoms with Crippen LogP contribution >= 0.6 is 0 Å². The van der Waals surface area contributed by atoms with Gasteiger partial charge in [0.15, 0.2) is 0 Å². The highest BCUT2D eigenvalue weighted by molar-refractivity contribution is 5.29. The monoisotopic (exact) mass is 245 g/mol. The van der Waals surface area contributed by atoms with E-state index in [0.717, 1.165) is 18.5 Å². The maximum atomic E-state index is 5.99. The molecule has 0 saturated heterocycles. The summed E-state index contributed by atoms with van der Waals surface area (Å²) in [5.74, 6) is 1.88. The Morgan fingerprint density at radius 2 is 2.00 bits per heavy atom. The number of rotatable bonds is 3. The van der Waals surface area contributed by atoms with Crippen molar-refractivity contribution in [1.29, 1.82) is 0 Å². The van der Waals surface area contributed by atoms with Crippen LogP contribution in [-0.4, -0.2) is 15.9 Å². The molecule has 0 amide bonds. The van der Waals surface area contributed by atoms with Gasteiger partial charge in [-0.05, 0) is 24.7 Å². The van der Waals surface area contributed by atoms with Crippen LogP contribution in [0.2, 0.25) is 0 Å². The molecular weight excluding hydrogens is 226 g/mol. The first-order valence-corrected chi connectivity index (χ1v) is 6.47. The second kappa shape index (κ2) is 4.61. The van der Waals surface area contributed by atoms with Gasteiger partial charge < -0.3 is 10.5 Å². The Morgan fingerprint density at radius 1 is 1.33 bits per heavy atom. The van der Waals surface area contributed by atoms with Gasteiger partial charge in [0.1, 0.15) is 5.82 Å². The lowest BCUT2D eigenvalue weighted by atomic mass is 9.92. The van der Waals surface area contributed by atoms with Gasteiger partial charge in [-0.1, -0.05) is 24.3 Å². The Kier molecular flexibility index (Phi) is 2.96. The third kappa shape index (κ3) is 2.20. The Balaban J connectivity index is 1.57. The number of hydrogen-bond donors (Lipinski definition) is 1. The number of fused-ring (bicyclic) bond motifs is 1. The van der Waals surface area contributed by atoms with Crippen LogP contribution in [0.1, 0.15) is 18.5 Å². The van der Waals surface area contributed by atoms with Gasteiger partial charge in [0.05, 0.1) is 18.4 Å². The van der Waals surface area contributed by atoms with Crippen molar-refractivity contribution in [2.75, 3.05) is 5.73 Å². The summed E-state index contributed by atoms with van der Waals surface area (Å²) in [6.45, 7) is 0.595. The fourth-order valence-electron chi connectivity index (χ4n) is 2.91. The summed E-state index contributed by atoms with van der Waals surface area (Å²) in [5, 5.41) is 4.12. The van der Waals surface area contributed by atoms with Crippen molar-refractivity contribution in [3.05, 3.63) is 36.1 Å². The molecular formula is C14H19N3O. The van der Waals surface area contributed by atoms with Crippen LogP contribution in [0.3, 0.4) is 0 Å². The number of anilines is 1. The SMILES string of the molecule is Cn1nc(N)cc1COC1C[C@H]2C=CC=C[C@H]2C1. The number of aromatic nitrogens is 2. The molecule has 1 aromatic heterocycles. The third-order valence-corrected chi connectivity index (χ3v) is 3.91. The summed E-state index contributed by atoms with van der Waals surface area (Å²) in [4.78, 5) is 0. The Hall–Kier alpha value is -1.55. The molecule has 0 spiro atoms. The van der Waals surface area contributed by atoms with E-state index in [-0.39, 0.29) is 0 Å². The second-order valence-corrected chi connectivity index (χ2v) is 5.19. The van der Waals surface area contributed by atoms with Crippen molar-refractivity contribution in [2.45, 2.75) is 25.6 Å². The zero-order valence-electron chi connectivity index (χ0n) is 10.6. The molecule has 2 N–H and O–H groups in total. The van der Waals surface area contributed by atoms with E-state index in [9.17, 15) is 0 Å². The number of ether oxygens (including phenoxy) is 1. The second-order valence-electron chi connectivity index (χ2n) is 5.19. The van der Waals surface area contributed by atoms with Gasteiger partial charge in [-0.3, -0.25) is 4.68 Å². The fourth-order valence-corrected chi connectivity index (χ4v) is 2.91. The highest BCUT2D eigenvalue weighted by Gasteiger charge is 2.32. The first-order valence-electron chi connectivity index (χ1n) is 6.47. The topological polar surface area (TPSA) is 53.1 Å². The average Bonchev–Trinajstić information content (AvgIpc) is 2.89. The minimum absolute atomic E-state index is 0.350. The van der Waals surface area contributed by atoms with E-state index < -0.39 is 0 Å². The summed E-state index contributed by atoms with van der Waals surface area (Å²) in [6, 6.07) is 1.88. The maximum absolute atomic E-state index is 5.99. The summed E-state index contributed by atoms with van der Waals surface area (Å²) in [7, 11) is 1.90. The largest absolute Gasteiger partial charge is 0.382 e. The van der Waals surface area contributed by atoms with Crippen molar-refractivity contribution in [3.8, 4) is 0 Å². The summed E-state index contributed by atoms with van der Waals surface area (Å²) in [6.07, 6.45) is 11.5. The average molecular weight is 245 g/mol. The van der Waals surface area contributed by atoms with Crippen LogP contribution < -0.4 is 5.73 Å². The molecule has 4 heteroatoms. The molecule has 96 valence electrons. The molecule has 1 fully saturated rings.